The predicted molar refractivity (Wildman–Crippen MR) is 95.5 cm³/mol. The minimum absolute atomic E-state index is 0.0271. The highest BCUT2D eigenvalue weighted by molar-refractivity contribution is 7.90. The first-order valence-electron chi connectivity index (χ1n) is 7.20. The molecule has 0 radical (unpaired) electrons. The normalized spacial score (nSPS) is 10.5. The summed E-state index contributed by atoms with van der Waals surface area (Å²) in [4.78, 5) is 18.4. The molecule has 8 nitrogen and oxygen atoms in total. The van der Waals surface area contributed by atoms with Crippen LogP contribution >= 0.6 is 0 Å². The van der Waals surface area contributed by atoms with E-state index in [1.165, 1.54) is 12.1 Å². The quantitative estimate of drug-likeness (QED) is 0.554. The number of benzene rings is 2. The van der Waals surface area contributed by atoms with Gasteiger partial charge in [-0.2, -0.15) is 0 Å². The van der Waals surface area contributed by atoms with Gasteiger partial charge in [0.25, 0.3) is 5.91 Å². The fraction of sp³-hybridized carbons (Fsp3) is 0.118. The van der Waals surface area contributed by atoms with Gasteiger partial charge in [-0.05, 0) is 23.8 Å². The summed E-state index contributed by atoms with van der Waals surface area (Å²) < 4.78 is 23.9. The van der Waals surface area contributed by atoms with Crippen molar-refractivity contribution >= 4 is 32.8 Å². The maximum Gasteiger partial charge on any atom is 0.269 e. The number of anilines is 1. The lowest BCUT2D eigenvalue weighted by atomic mass is 10.1. The predicted octanol–water partition coefficient (Wildman–Crippen LogP) is 2.44. The molecule has 0 spiro atoms. The second-order valence-corrected chi connectivity index (χ2v) is 7.21. The lowest BCUT2D eigenvalue weighted by Gasteiger charge is -2.14. The monoisotopic (exact) mass is 370 g/mol. The molecule has 0 unspecified atom stereocenters. The Morgan fingerprint density at radius 2 is 1.77 bits per heavy atom. The number of hydrogen-bond donors (Lipinski definition) is 3. The van der Waals surface area contributed by atoms with Crippen LogP contribution in [-0.4, -0.2) is 25.7 Å². The van der Waals surface area contributed by atoms with Gasteiger partial charge in [-0.1, -0.05) is 18.2 Å². The number of aliphatic hydroxyl groups is 1. The van der Waals surface area contributed by atoms with E-state index in [1.807, 2.05) is 0 Å². The number of amides is 1. The Bertz CT molecular complexity index is 1050. The highest BCUT2D eigenvalue weighted by Crippen LogP contribution is 2.36. The third-order valence-corrected chi connectivity index (χ3v) is 4.60. The first-order chi connectivity index (χ1) is 12.3. The van der Waals surface area contributed by atoms with Crippen molar-refractivity contribution in [1.29, 1.82) is 0 Å². The van der Waals surface area contributed by atoms with Gasteiger partial charge < -0.3 is 5.11 Å². The third kappa shape index (κ3) is 3.98. The average Bonchev–Trinajstić information content (AvgIpc) is 2.64. The Morgan fingerprint density at radius 3 is 2.35 bits per heavy atom. The van der Waals surface area contributed by atoms with Crippen molar-refractivity contribution in [2.24, 2.45) is 0 Å². The van der Waals surface area contributed by atoms with E-state index < -0.39 is 15.7 Å². The largest absolute Gasteiger partial charge is 0.392 e. The average molecular weight is 370 g/mol. The summed E-state index contributed by atoms with van der Waals surface area (Å²) in [5, 5.41) is 9.29. The van der Waals surface area contributed by atoms with E-state index in [9.17, 15) is 18.3 Å². The van der Waals surface area contributed by atoms with Gasteiger partial charge in [0.05, 0.1) is 30.3 Å². The van der Waals surface area contributed by atoms with Crippen LogP contribution in [0.5, 0.6) is 0 Å². The molecular formula is C17H14N4O4S. The second kappa shape index (κ2) is 7.66. The van der Waals surface area contributed by atoms with E-state index in [2.05, 4.69) is 20.5 Å². The molecule has 0 bridgehead atoms. The zero-order chi connectivity index (χ0) is 19.3. The maximum absolute atomic E-state index is 12.3. The first-order valence-corrected chi connectivity index (χ1v) is 9.09. The zero-order valence-electron chi connectivity index (χ0n) is 13.6. The Kier molecular flexibility index (Phi) is 5.58. The third-order valence-electron chi connectivity index (χ3n) is 3.46. The van der Waals surface area contributed by atoms with Gasteiger partial charge in [0, 0.05) is 11.8 Å². The fourth-order valence-electron chi connectivity index (χ4n) is 2.21. The van der Waals surface area contributed by atoms with Gasteiger partial charge in [-0.15, -0.1) is 0 Å². The first kappa shape index (κ1) is 18.9. The van der Waals surface area contributed by atoms with Crippen LogP contribution in [0.4, 0.5) is 17.1 Å². The number of nitrogens with zero attached hydrogens (tertiary/aromatic N) is 2. The molecule has 0 heterocycles. The standard InChI is InChI=1S/C17H14N4O4S/c1-18-13-8-15(16(26(3,24)25)9-14(13)19-2)20-21-17(23)12-7-5-4-6-11(12)10-22/h4-9,20,22H,10H2,3H3,(H,21,23). The number of rotatable bonds is 5. The lowest BCUT2D eigenvalue weighted by molar-refractivity contribution is 0.0959. The van der Waals surface area contributed by atoms with Crippen LogP contribution in [0.15, 0.2) is 41.3 Å². The Balaban J connectivity index is 2.39. The number of nitrogens with one attached hydrogen (secondary N) is 2. The van der Waals surface area contributed by atoms with Crippen LogP contribution < -0.4 is 10.9 Å². The molecule has 0 aliphatic rings. The van der Waals surface area contributed by atoms with Crippen LogP contribution in [0.1, 0.15) is 15.9 Å². The van der Waals surface area contributed by atoms with E-state index in [1.54, 1.807) is 18.2 Å². The van der Waals surface area contributed by atoms with Crippen molar-refractivity contribution in [3.63, 3.8) is 0 Å². The molecule has 132 valence electrons. The van der Waals surface area contributed by atoms with Gasteiger partial charge in [-0.3, -0.25) is 25.3 Å². The molecule has 2 rings (SSSR count). The van der Waals surface area contributed by atoms with Crippen LogP contribution in [0.3, 0.4) is 0 Å². The van der Waals surface area contributed by atoms with Crippen LogP contribution in [-0.2, 0) is 16.4 Å². The summed E-state index contributed by atoms with van der Waals surface area (Å²) in [6.07, 6.45) is 0.960. The summed E-state index contributed by atoms with van der Waals surface area (Å²) in [5.41, 5.74) is 5.29. The van der Waals surface area contributed by atoms with Gasteiger partial charge in [0.15, 0.2) is 21.2 Å². The number of carbonyl (C=O) groups excluding carboxylic acids is 1. The molecule has 2 aromatic carbocycles. The van der Waals surface area contributed by atoms with Crippen molar-refractivity contribution in [2.75, 3.05) is 11.7 Å². The smallest absolute Gasteiger partial charge is 0.269 e. The molecule has 0 aromatic heterocycles. The number of carbonyl (C=O) groups is 1. The van der Waals surface area contributed by atoms with Crippen molar-refractivity contribution in [3.05, 3.63) is 70.4 Å². The molecule has 0 saturated carbocycles. The summed E-state index contributed by atoms with van der Waals surface area (Å²) in [5.74, 6) is -0.590. The SMILES string of the molecule is [C-]#[N+]c1cc(NNC(=O)c2ccccc2CO)c(S(C)(=O)=O)cc1[N+]#[C-]. The lowest BCUT2D eigenvalue weighted by Crippen LogP contribution is -2.30. The van der Waals surface area contributed by atoms with Crippen molar-refractivity contribution in [3.8, 4) is 0 Å². The molecule has 26 heavy (non-hydrogen) atoms. The van der Waals surface area contributed by atoms with E-state index >= 15 is 0 Å². The molecule has 0 atom stereocenters. The number of aliphatic hydroxyl groups excluding tert-OH is 1. The molecule has 9 heteroatoms. The Hall–Kier alpha value is -3.40. The molecule has 3 N–H and O–H groups in total. The highest BCUT2D eigenvalue weighted by Gasteiger charge is 2.18. The zero-order valence-corrected chi connectivity index (χ0v) is 14.5. The molecule has 1 amide bonds. The number of sulfone groups is 1. The van der Waals surface area contributed by atoms with E-state index in [0.29, 0.717) is 5.56 Å². The topological polar surface area (TPSA) is 104 Å². The Morgan fingerprint density at radius 1 is 1.15 bits per heavy atom. The summed E-state index contributed by atoms with van der Waals surface area (Å²) in [7, 11) is -3.72. The second-order valence-electron chi connectivity index (χ2n) is 5.23. The van der Waals surface area contributed by atoms with Gasteiger partial charge in [0.2, 0.25) is 0 Å². The molecule has 0 fully saturated rings. The van der Waals surface area contributed by atoms with Crippen LogP contribution in [0, 0.1) is 13.1 Å². The molecule has 0 aliphatic carbocycles. The number of hydrogen-bond acceptors (Lipinski definition) is 5. The molecule has 0 saturated heterocycles. The summed E-state index contributed by atoms with van der Waals surface area (Å²) in [6.45, 7) is 13.8. The minimum atomic E-state index is -3.72. The van der Waals surface area contributed by atoms with Crippen LogP contribution in [0.2, 0.25) is 0 Å². The Labute approximate surface area is 150 Å². The molecule has 0 aliphatic heterocycles. The van der Waals surface area contributed by atoms with Crippen LogP contribution in [0.25, 0.3) is 9.69 Å². The minimum Gasteiger partial charge on any atom is -0.392 e. The fourth-order valence-corrected chi connectivity index (χ4v) is 3.05. The summed E-state index contributed by atoms with van der Waals surface area (Å²) in [6, 6.07) is 8.66. The van der Waals surface area contributed by atoms with Crippen molar-refractivity contribution in [1.82, 2.24) is 5.43 Å². The van der Waals surface area contributed by atoms with Gasteiger partial charge >= 0.3 is 0 Å². The van der Waals surface area contributed by atoms with E-state index in [0.717, 1.165) is 12.3 Å². The van der Waals surface area contributed by atoms with E-state index in [-0.39, 0.29) is 34.1 Å². The summed E-state index contributed by atoms with van der Waals surface area (Å²) >= 11 is 0. The van der Waals surface area contributed by atoms with Gasteiger partial charge in [-0.25, -0.2) is 8.42 Å². The van der Waals surface area contributed by atoms with Gasteiger partial charge in [0.1, 0.15) is 0 Å². The van der Waals surface area contributed by atoms with Crippen molar-refractivity contribution < 1.29 is 18.3 Å². The molecule has 2 aromatic rings. The number of hydrazine groups is 1. The highest BCUT2D eigenvalue weighted by atomic mass is 32.2. The maximum atomic E-state index is 12.3. The van der Waals surface area contributed by atoms with E-state index in [4.69, 9.17) is 13.1 Å². The van der Waals surface area contributed by atoms with Crippen molar-refractivity contribution in [2.45, 2.75) is 11.5 Å². The molecular weight excluding hydrogens is 356 g/mol.